The number of alkyl halides is 3. The maximum atomic E-state index is 13.5. The molecule has 0 spiro atoms. The Morgan fingerprint density at radius 3 is 2.07 bits per heavy atom. The summed E-state index contributed by atoms with van der Waals surface area (Å²) >= 11 is 0. The van der Waals surface area contributed by atoms with Crippen molar-refractivity contribution >= 4 is 0 Å². The molecule has 0 aromatic carbocycles. The van der Waals surface area contributed by atoms with Gasteiger partial charge in [-0.1, -0.05) is 32.9 Å². The van der Waals surface area contributed by atoms with Gasteiger partial charge in [0, 0.05) is 0 Å². The van der Waals surface area contributed by atoms with E-state index < -0.39 is 11.8 Å². The SMILES string of the molecule is C=C(C)[C@H]1CC[C@H]2[C@]3(C)CC[C@H]4C[C@@](O)(C(F)(F)F)CC[C@]4(C)[C@H]3CC[C@@]21C. The Labute approximate surface area is 168 Å². The lowest BCUT2D eigenvalue weighted by atomic mass is 9.39. The van der Waals surface area contributed by atoms with Crippen molar-refractivity contribution in [3.8, 4) is 0 Å². The van der Waals surface area contributed by atoms with Crippen molar-refractivity contribution < 1.29 is 18.3 Å². The lowest BCUT2D eigenvalue weighted by Gasteiger charge is -2.66. The molecule has 0 heterocycles. The lowest BCUT2D eigenvalue weighted by molar-refractivity contribution is -0.293. The van der Waals surface area contributed by atoms with Crippen LogP contribution in [0.2, 0.25) is 0 Å². The normalized spacial score (nSPS) is 53.9. The first-order valence-electron chi connectivity index (χ1n) is 11.2. The van der Waals surface area contributed by atoms with Crippen molar-refractivity contribution in [2.75, 3.05) is 0 Å². The second-order valence-corrected chi connectivity index (χ2v) is 11.6. The number of aliphatic hydroxyl groups is 1. The van der Waals surface area contributed by atoms with Gasteiger partial charge in [-0.2, -0.15) is 13.2 Å². The number of hydrogen-bond donors (Lipinski definition) is 1. The van der Waals surface area contributed by atoms with E-state index in [9.17, 15) is 18.3 Å². The Morgan fingerprint density at radius 2 is 1.46 bits per heavy atom. The third kappa shape index (κ3) is 2.55. The molecule has 0 aromatic rings. The zero-order valence-electron chi connectivity index (χ0n) is 18.0. The molecule has 0 aliphatic heterocycles. The monoisotopic (exact) mass is 398 g/mol. The van der Waals surface area contributed by atoms with E-state index in [4.69, 9.17) is 0 Å². The molecule has 0 aromatic heterocycles. The number of rotatable bonds is 1. The maximum absolute atomic E-state index is 13.5. The van der Waals surface area contributed by atoms with E-state index in [1.165, 1.54) is 24.8 Å². The predicted molar refractivity (Wildman–Crippen MR) is 106 cm³/mol. The third-order valence-electron chi connectivity index (χ3n) is 10.4. The fourth-order valence-corrected chi connectivity index (χ4v) is 8.99. The first-order valence-corrected chi connectivity index (χ1v) is 11.2. The first kappa shape index (κ1) is 20.8. The minimum Gasteiger partial charge on any atom is -0.380 e. The molecule has 1 nitrogen and oxygen atoms in total. The van der Waals surface area contributed by atoms with Gasteiger partial charge < -0.3 is 5.11 Å². The second kappa shape index (κ2) is 6.02. The van der Waals surface area contributed by atoms with E-state index in [0.717, 1.165) is 19.3 Å². The molecule has 0 unspecified atom stereocenters. The van der Waals surface area contributed by atoms with E-state index in [1.807, 2.05) is 0 Å². The van der Waals surface area contributed by atoms with Gasteiger partial charge in [0.1, 0.15) is 0 Å². The summed E-state index contributed by atoms with van der Waals surface area (Å²) in [7, 11) is 0. The highest BCUT2D eigenvalue weighted by Crippen LogP contribution is 2.73. The van der Waals surface area contributed by atoms with Gasteiger partial charge in [-0.15, -0.1) is 0 Å². The molecule has 4 aliphatic carbocycles. The van der Waals surface area contributed by atoms with Gasteiger partial charge in [0.15, 0.2) is 5.60 Å². The molecule has 28 heavy (non-hydrogen) atoms. The van der Waals surface area contributed by atoms with Gasteiger partial charge in [-0.3, -0.25) is 0 Å². The summed E-state index contributed by atoms with van der Waals surface area (Å²) in [6, 6.07) is 0. The van der Waals surface area contributed by atoms with Gasteiger partial charge >= 0.3 is 6.18 Å². The Balaban J connectivity index is 1.65. The average molecular weight is 399 g/mol. The Morgan fingerprint density at radius 1 is 0.857 bits per heavy atom. The minimum atomic E-state index is -4.51. The van der Waals surface area contributed by atoms with Crippen molar-refractivity contribution in [2.24, 2.45) is 39.9 Å². The van der Waals surface area contributed by atoms with Crippen LogP contribution < -0.4 is 0 Å². The largest absolute Gasteiger partial charge is 0.417 e. The van der Waals surface area contributed by atoms with E-state index in [1.54, 1.807) is 0 Å². The van der Waals surface area contributed by atoms with Gasteiger partial charge in [0.25, 0.3) is 0 Å². The standard InChI is InChI=1S/C24H37F3O/c1-15(2)17-6-7-18-21(17,4)11-9-19-20(3)12-13-23(28,24(25,26)27)14-16(20)8-10-22(18,19)5/h16-19,28H,1,6-14H2,2-5H3/t16-,17+,18+,19+,20-,21+,22-,23+/m0/s1. The van der Waals surface area contributed by atoms with Crippen LogP contribution in [0.4, 0.5) is 13.2 Å². The molecule has 4 fully saturated rings. The Kier molecular flexibility index (Phi) is 4.46. The molecule has 160 valence electrons. The fraction of sp³-hybridized carbons (Fsp3) is 0.917. The molecule has 4 heteroatoms. The highest BCUT2D eigenvalue weighted by atomic mass is 19.4. The average Bonchev–Trinajstić information content (AvgIpc) is 2.93. The predicted octanol–water partition coefficient (Wildman–Crippen LogP) is 6.90. The van der Waals surface area contributed by atoms with Crippen LogP contribution in [-0.2, 0) is 0 Å². The molecule has 4 aliphatic rings. The van der Waals surface area contributed by atoms with Gasteiger partial charge in [-0.25, -0.2) is 0 Å². The van der Waals surface area contributed by atoms with Crippen LogP contribution in [0, 0.1) is 39.9 Å². The van der Waals surface area contributed by atoms with Gasteiger partial charge in [-0.05, 0) is 105 Å². The number of fused-ring (bicyclic) bond motifs is 5. The smallest absolute Gasteiger partial charge is 0.380 e. The van der Waals surface area contributed by atoms with Gasteiger partial charge in [0.2, 0.25) is 0 Å². The van der Waals surface area contributed by atoms with Crippen LogP contribution in [0.5, 0.6) is 0 Å². The molecule has 0 radical (unpaired) electrons. The Hall–Kier alpha value is -0.510. The van der Waals surface area contributed by atoms with Crippen LogP contribution in [-0.4, -0.2) is 16.9 Å². The van der Waals surface area contributed by atoms with Crippen molar-refractivity contribution in [1.29, 1.82) is 0 Å². The maximum Gasteiger partial charge on any atom is 0.417 e. The molecule has 0 saturated heterocycles. The summed E-state index contributed by atoms with van der Waals surface area (Å²) in [5.74, 6) is 1.68. The third-order valence-corrected chi connectivity index (χ3v) is 10.4. The van der Waals surface area contributed by atoms with E-state index >= 15 is 0 Å². The van der Waals surface area contributed by atoms with Crippen LogP contribution in [0.3, 0.4) is 0 Å². The molecule has 4 saturated carbocycles. The van der Waals surface area contributed by atoms with Crippen LogP contribution in [0.15, 0.2) is 12.2 Å². The van der Waals surface area contributed by atoms with Crippen molar-refractivity contribution in [3.63, 3.8) is 0 Å². The topological polar surface area (TPSA) is 20.2 Å². The molecule has 0 amide bonds. The van der Waals surface area contributed by atoms with E-state index in [2.05, 4.69) is 34.3 Å². The van der Waals surface area contributed by atoms with Crippen molar-refractivity contribution in [3.05, 3.63) is 12.2 Å². The zero-order valence-corrected chi connectivity index (χ0v) is 18.0. The van der Waals surface area contributed by atoms with Crippen LogP contribution >= 0.6 is 0 Å². The number of allylic oxidation sites excluding steroid dienone is 1. The van der Waals surface area contributed by atoms with Crippen molar-refractivity contribution in [2.45, 2.75) is 97.3 Å². The Bertz CT molecular complexity index is 671. The summed E-state index contributed by atoms with van der Waals surface area (Å²) in [5.41, 5.74) is -0.753. The molecule has 8 atom stereocenters. The van der Waals surface area contributed by atoms with E-state index in [-0.39, 0.29) is 29.6 Å². The summed E-state index contributed by atoms with van der Waals surface area (Å²) in [5, 5.41) is 10.4. The van der Waals surface area contributed by atoms with Crippen molar-refractivity contribution in [1.82, 2.24) is 0 Å². The number of hydrogen-bond acceptors (Lipinski definition) is 1. The van der Waals surface area contributed by atoms with E-state index in [0.29, 0.717) is 29.6 Å². The highest BCUT2D eigenvalue weighted by molar-refractivity contribution is 5.19. The summed E-state index contributed by atoms with van der Waals surface area (Å²) in [4.78, 5) is 0. The molecule has 0 bridgehead atoms. The minimum absolute atomic E-state index is 0.0198. The van der Waals surface area contributed by atoms with Crippen LogP contribution in [0.1, 0.15) is 85.5 Å². The molecule has 1 N–H and O–H groups in total. The quantitative estimate of drug-likeness (QED) is 0.476. The number of halogens is 3. The van der Waals surface area contributed by atoms with Gasteiger partial charge in [0.05, 0.1) is 0 Å². The zero-order chi connectivity index (χ0) is 20.8. The summed E-state index contributed by atoms with van der Waals surface area (Å²) < 4.78 is 40.5. The molecular formula is C24H37F3O. The summed E-state index contributed by atoms with van der Waals surface area (Å²) in [6.45, 7) is 13.6. The molecule has 4 rings (SSSR count). The molecular weight excluding hydrogens is 361 g/mol. The van der Waals surface area contributed by atoms with Crippen LogP contribution in [0.25, 0.3) is 0 Å². The summed E-state index contributed by atoms with van der Waals surface area (Å²) in [6.07, 6.45) is 2.32. The first-order chi connectivity index (χ1) is 12.8. The second-order valence-electron chi connectivity index (χ2n) is 11.6. The fourth-order valence-electron chi connectivity index (χ4n) is 8.99. The lowest BCUT2D eigenvalue weighted by Crippen LogP contribution is -2.62. The highest BCUT2D eigenvalue weighted by Gasteiger charge is 2.68.